The van der Waals surface area contributed by atoms with Gasteiger partial charge in [-0.1, -0.05) is 13.3 Å². The fourth-order valence-corrected chi connectivity index (χ4v) is 2.32. The molecule has 3 heteroatoms. The molecule has 2 rings (SSSR count). The van der Waals surface area contributed by atoms with Gasteiger partial charge in [0.2, 0.25) is 0 Å². The monoisotopic (exact) mass is 262 g/mol. The maximum atomic E-state index is 11.4. The minimum absolute atomic E-state index is 0.0834. The summed E-state index contributed by atoms with van der Waals surface area (Å²) in [5, 5.41) is 0. The standard InChI is InChI=1S/C16H22O3/c1-5-6-15(16(4)10-18-16)19-13-7-8-14(12(3)17)11(2)9-13/h7-9,15H,5-6,10H2,1-4H3. The summed E-state index contributed by atoms with van der Waals surface area (Å²) in [4.78, 5) is 11.4. The quantitative estimate of drug-likeness (QED) is 0.581. The molecule has 1 fully saturated rings. The largest absolute Gasteiger partial charge is 0.487 e. The molecule has 0 aliphatic carbocycles. The van der Waals surface area contributed by atoms with Gasteiger partial charge in [-0.2, -0.15) is 0 Å². The van der Waals surface area contributed by atoms with Crippen molar-refractivity contribution in [3.8, 4) is 5.75 Å². The second-order valence-electron chi connectivity index (χ2n) is 5.53. The molecule has 0 aromatic heterocycles. The summed E-state index contributed by atoms with van der Waals surface area (Å²) >= 11 is 0. The predicted molar refractivity (Wildman–Crippen MR) is 74.9 cm³/mol. The molecule has 1 saturated heterocycles. The highest BCUT2D eigenvalue weighted by molar-refractivity contribution is 5.95. The molecule has 0 N–H and O–H groups in total. The summed E-state index contributed by atoms with van der Waals surface area (Å²) in [6.07, 6.45) is 2.12. The number of aryl methyl sites for hydroxylation is 1. The first-order chi connectivity index (χ1) is 8.96. The third-order valence-corrected chi connectivity index (χ3v) is 3.69. The van der Waals surface area contributed by atoms with E-state index in [1.165, 1.54) is 0 Å². The van der Waals surface area contributed by atoms with Gasteiger partial charge in [-0.3, -0.25) is 4.79 Å². The number of Topliss-reactive ketones (excluding diaryl/α,β-unsaturated/α-hetero) is 1. The zero-order valence-corrected chi connectivity index (χ0v) is 12.2. The maximum Gasteiger partial charge on any atom is 0.160 e. The topological polar surface area (TPSA) is 38.8 Å². The highest BCUT2D eigenvalue weighted by atomic mass is 16.6. The van der Waals surface area contributed by atoms with Crippen molar-refractivity contribution >= 4 is 5.78 Å². The van der Waals surface area contributed by atoms with E-state index in [1.54, 1.807) is 6.92 Å². The Morgan fingerprint density at radius 1 is 1.53 bits per heavy atom. The van der Waals surface area contributed by atoms with Gasteiger partial charge in [0.15, 0.2) is 5.78 Å². The lowest BCUT2D eigenvalue weighted by molar-refractivity contribution is 0.0980. The Bertz CT molecular complexity index is 475. The van der Waals surface area contributed by atoms with Gasteiger partial charge in [0.25, 0.3) is 0 Å². The van der Waals surface area contributed by atoms with Crippen LogP contribution in [0.15, 0.2) is 18.2 Å². The highest BCUT2D eigenvalue weighted by Gasteiger charge is 2.48. The molecule has 2 atom stereocenters. The minimum Gasteiger partial charge on any atom is -0.487 e. The van der Waals surface area contributed by atoms with E-state index < -0.39 is 0 Å². The molecule has 1 heterocycles. The lowest BCUT2D eigenvalue weighted by atomic mass is 10.0. The molecule has 1 aromatic rings. The van der Waals surface area contributed by atoms with Gasteiger partial charge >= 0.3 is 0 Å². The van der Waals surface area contributed by atoms with Crippen molar-refractivity contribution in [1.29, 1.82) is 0 Å². The van der Waals surface area contributed by atoms with E-state index in [0.717, 1.165) is 36.3 Å². The molecule has 0 radical (unpaired) electrons. The number of hydrogen-bond acceptors (Lipinski definition) is 3. The number of rotatable bonds is 6. The average Bonchev–Trinajstić information content (AvgIpc) is 3.08. The number of ketones is 1. The fourth-order valence-electron chi connectivity index (χ4n) is 2.32. The number of ether oxygens (including phenoxy) is 2. The third kappa shape index (κ3) is 3.16. The molecule has 0 bridgehead atoms. The zero-order valence-electron chi connectivity index (χ0n) is 12.2. The van der Waals surface area contributed by atoms with Crippen molar-refractivity contribution in [2.75, 3.05) is 6.61 Å². The van der Waals surface area contributed by atoms with E-state index >= 15 is 0 Å². The Balaban J connectivity index is 2.13. The van der Waals surface area contributed by atoms with Gasteiger partial charge in [0.05, 0.1) is 6.61 Å². The fraction of sp³-hybridized carbons (Fsp3) is 0.562. The number of hydrogen-bond donors (Lipinski definition) is 0. The van der Waals surface area contributed by atoms with E-state index in [1.807, 2.05) is 25.1 Å². The van der Waals surface area contributed by atoms with E-state index in [4.69, 9.17) is 9.47 Å². The molecule has 19 heavy (non-hydrogen) atoms. The molecule has 0 spiro atoms. The third-order valence-electron chi connectivity index (χ3n) is 3.69. The minimum atomic E-state index is -0.136. The Hall–Kier alpha value is -1.35. The number of epoxide rings is 1. The molecular weight excluding hydrogens is 240 g/mol. The summed E-state index contributed by atoms with van der Waals surface area (Å²) in [5.41, 5.74) is 1.58. The molecule has 0 saturated carbocycles. The maximum absolute atomic E-state index is 11.4. The van der Waals surface area contributed by atoms with Gasteiger partial charge in [0.1, 0.15) is 17.5 Å². The second-order valence-corrected chi connectivity index (χ2v) is 5.53. The molecule has 2 unspecified atom stereocenters. The lowest BCUT2D eigenvalue weighted by Gasteiger charge is -2.22. The van der Waals surface area contributed by atoms with Crippen LogP contribution in [0.2, 0.25) is 0 Å². The van der Waals surface area contributed by atoms with Crippen LogP contribution < -0.4 is 4.74 Å². The first-order valence-electron chi connectivity index (χ1n) is 6.88. The van der Waals surface area contributed by atoms with E-state index in [9.17, 15) is 4.79 Å². The zero-order chi connectivity index (χ0) is 14.0. The summed E-state index contributed by atoms with van der Waals surface area (Å²) in [5.74, 6) is 0.907. The van der Waals surface area contributed by atoms with Crippen molar-refractivity contribution in [1.82, 2.24) is 0 Å². The predicted octanol–water partition coefficient (Wildman–Crippen LogP) is 3.53. The Morgan fingerprint density at radius 2 is 2.21 bits per heavy atom. The smallest absolute Gasteiger partial charge is 0.160 e. The number of carbonyl (C=O) groups is 1. The molecule has 0 amide bonds. The number of benzene rings is 1. The molecular formula is C16H22O3. The van der Waals surface area contributed by atoms with Crippen LogP contribution in [0.25, 0.3) is 0 Å². The van der Waals surface area contributed by atoms with Crippen LogP contribution in [0, 0.1) is 6.92 Å². The van der Waals surface area contributed by atoms with Crippen LogP contribution in [-0.4, -0.2) is 24.1 Å². The van der Waals surface area contributed by atoms with Crippen LogP contribution in [0.1, 0.15) is 49.5 Å². The van der Waals surface area contributed by atoms with E-state index in [-0.39, 0.29) is 17.5 Å². The van der Waals surface area contributed by atoms with Crippen molar-refractivity contribution < 1.29 is 14.3 Å². The van der Waals surface area contributed by atoms with Gasteiger partial charge in [0, 0.05) is 5.56 Å². The molecule has 1 aliphatic rings. The average molecular weight is 262 g/mol. The first kappa shape index (κ1) is 14.1. The highest BCUT2D eigenvalue weighted by Crippen LogP contribution is 2.35. The van der Waals surface area contributed by atoms with Crippen molar-refractivity contribution in [2.45, 2.75) is 52.2 Å². The van der Waals surface area contributed by atoms with E-state index in [0.29, 0.717) is 0 Å². The molecule has 1 aliphatic heterocycles. The normalized spacial score (nSPS) is 22.9. The van der Waals surface area contributed by atoms with E-state index in [2.05, 4.69) is 13.8 Å². The van der Waals surface area contributed by atoms with Gasteiger partial charge in [-0.15, -0.1) is 0 Å². The van der Waals surface area contributed by atoms with Crippen LogP contribution in [0.4, 0.5) is 0 Å². The summed E-state index contributed by atoms with van der Waals surface area (Å²) in [6.45, 7) is 8.52. The molecule has 1 aromatic carbocycles. The Labute approximate surface area is 114 Å². The van der Waals surface area contributed by atoms with Gasteiger partial charge in [-0.05, 0) is 51.0 Å². The van der Waals surface area contributed by atoms with Crippen LogP contribution >= 0.6 is 0 Å². The van der Waals surface area contributed by atoms with Crippen LogP contribution in [0.3, 0.4) is 0 Å². The van der Waals surface area contributed by atoms with Crippen molar-refractivity contribution in [3.63, 3.8) is 0 Å². The first-order valence-corrected chi connectivity index (χ1v) is 6.88. The Kier molecular flexibility index (Phi) is 3.95. The second kappa shape index (κ2) is 5.33. The Morgan fingerprint density at radius 3 is 2.68 bits per heavy atom. The van der Waals surface area contributed by atoms with Crippen LogP contribution in [-0.2, 0) is 4.74 Å². The summed E-state index contributed by atoms with van der Waals surface area (Å²) in [6, 6.07) is 5.65. The van der Waals surface area contributed by atoms with Crippen LogP contribution in [0.5, 0.6) is 5.75 Å². The molecule has 3 nitrogen and oxygen atoms in total. The van der Waals surface area contributed by atoms with Gasteiger partial charge in [-0.25, -0.2) is 0 Å². The summed E-state index contributed by atoms with van der Waals surface area (Å²) < 4.78 is 11.6. The SMILES string of the molecule is CCCC(Oc1ccc(C(C)=O)c(C)c1)C1(C)CO1. The van der Waals surface area contributed by atoms with Gasteiger partial charge < -0.3 is 9.47 Å². The summed E-state index contributed by atoms with van der Waals surface area (Å²) in [7, 11) is 0. The molecule has 104 valence electrons. The van der Waals surface area contributed by atoms with Crippen molar-refractivity contribution in [2.24, 2.45) is 0 Å². The lowest BCUT2D eigenvalue weighted by Crippen LogP contribution is -2.32. The number of carbonyl (C=O) groups excluding carboxylic acids is 1. The van der Waals surface area contributed by atoms with Crippen molar-refractivity contribution in [3.05, 3.63) is 29.3 Å².